The lowest BCUT2D eigenvalue weighted by Crippen LogP contribution is -2.32. The Morgan fingerprint density at radius 3 is 1.86 bits per heavy atom. The first-order valence-corrected chi connectivity index (χ1v) is 8.12. The molecule has 2 aromatic rings. The Balaban J connectivity index is 1.74. The van der Waals surface area contributed by atoms with Crippen molar-refractivity contribution in [3.63, 3.8) is 0 Å². The van der Waals surface area contributed by atoms with E-state index in [4.69, 9.17) is 0 Å². The molecule has 0 saturated heterocycles. The van der Waals surface area contributed by atoms with Gasteiger partial charge in [-0.2, -0.15) is 0 Å². The molecule has 0 aliphatic heterocycles. The molecule has 1 aliphatic rings. The van der Waals surface area contributed by atoms with Crippen LogP contribution < -0.4 is 0 Å². The molecule has 2 atom stereocenters. The second kappa shape index (κ2) is 7.37. The minimum Gasteiger partial charge on any atom is -0.303 e. The molecule has 0 N–H and O–H groups in total. The predicted molar refractivity (Wildman–Crippen MR) is 89.3 cm³/mol. The van der Waals surface area contributed by atoms with Crippen LogP contribution in [-0.2, 0) is 17.9 Å². The van der Waals surface area contributed by atoms with E-state index in [0.29, 0.717) is 6.04 Å². The van der Waals surface area contributed by atoms with Gasteiger partial charge in [0.05, 0.1) is 0 Å². The second-order valence-electron chi connectivity index (χ2n) is 6.24. The van der Waals surface area contributed by atoms with Gasteiger partial charge in [-0.05, 0) is 30.4 Å². The molecule has 0 spiro atoms. The summed E-state index contributed by atoms with van der Waals surface area (Å²) in [6.45, 7) is 1.90. The molecule has 1 aliphatic carbocycles. The molecule has 0 aromatic heterocycles. The largest absolute Gasteiger partial charge is 0.303 e. The van der Waals surface area contributed by atoms with Crippen molar-refractivity contribution in [3.05, 3.63) is 71.8 Å². The van der Waals surface area contributed by atoms with E-state index in [1.165, 1.54) is 11.1 Å². The van der Waals surface area contributed by atoms with Crippen molar-refractivity contribution in [2.75, 3.05) is 0 Å². The molecule has 2 heteroatoms. The van der Waals surface area contributed by atoms with Gasteiger partial charge in [-0.25, -0.2) is 0 Å². The Bertz CT molecular complexity index is 540. The lowest BCUT2D eigenvalue weighted by atomic mass is 10.1. The van der Waals surface area contributed by atoms with Crippen LogP contribution in [0.5, 0.6) is 0 Å². The van der Waals surface area contributed by atoms with Crippen LogP contribution in [0, 0.1) is 5.92 Å². The summed E-state index contributed by atoms with van der Waals surface area (Å²) < 4.78 is 0. The number of hydrogen-bond donors (Lipinski definition) is 0. The first-order chi connectivity index (χ1) is 10.8. The molecular formula is C20H23NO. The Hall–Kier alpha value is -1.93. The average Bonchev–Trinajstić information content (AvgIpc) is 3.05. The summed E-state index contributed by atoms with van der Waals surface area (Å²) in [6.07, 6.45) is 4.31. The molecule has 0 bridgehead atoms. The van der Waals surface area contributed by atoms with E-state index in [-0.39, 0.29) is 5.92 Å². The first-order valence-electron chi connectivity index (χ1n) is 8.12. The molecule has 1 saturated carbocycles. The normalized spacial score (nSPS) is 21.1. The maximum Gasteiger partial charge on any atom is 0.123 e. The molecule has 1 unspecified atom stereocenters. The third-order valence-electron chi connectivity index (χ3n) is 4.61. The molecule has 1 fully saturated rings. The Labute approximate surface area is 132 Å². The van der Waals surface area contributed by atoms with E-state index >= 15 is 0 Å². The number of nitrogens with zero attached hydrogens (tertiary/aromatic N) is 1. The van der Waals surface area contributed by atoms with Crippen LogP contribution >= 0.6 is 0 Å². The number of carbonyl (C=O) groups excluding carboxylic acids is 1. The second-order valence-corrected chi connectivity index (χ2v) is 6.24. The molecule has 2 nitrogen and oxygen atoms in total. The van der Waals surface area contributed by atoms with Crippen LogP contribution in [0.1, 0.15) is 30.4 Å². The Morgan fingerprint density at radius 1 is 0.864 bits per heavy atom. The van der Waals surface area contributed by atoms with Gasteiger partial charge in [0.1, 0.15) is 6.29 Å². The molecule has 0 radical (unpaired) electrons. The molecule has 2 aromatic carbocycles. The van der Waals surface area contributed by atoms with Crippen molar-refractivity contribution in [3.8, 4) is 0 Å². The van der Waals surface area contributed by atoms with Gasteiger partial charge < -0.3 is 4.79 Å². The van der Waals surface area contributed by atoms with E-state index in [1.54, 1.807) is 0 Å². The van der Waals surface area contributed by atoms with Crippen LogP contribution in [0.4, 0.5) is 0 Å². The van der Waals surface area contributed by atoms with Gasteiger partial charge in [-0.3, -0.25) is 4.90 Å². The monoisotopic (exact) mass is 293 g/mol. The molecule has 22 heavy (non-hydrogen) atoms. The molecule has 114 valence electrons. The topological polar surface area (TPSA) is 20.3 Å². The van der Waals surface area contributed by atoms with Gasteiger partial charge in [0, 0.05) is 25.0 Å². The van der Waals surface area contributed by atoms with Crippen LogP contribution in [-0.4, -0.2) is 17.2 Å². The highest BCUT2D eigenvalue weighted by Gasteiger charge is 2.29. The van der Waals surface area contributed by atoms with Gasteiger partial charge in [0.25, 0.3) is 0 Å². The number of hydrogen-bond acceptors (Lipinski definition) is 2. The third-order valence-corrected chi connectivity index (χ3v) is 4.61. The molecule has 0 heterocycles. The smallest absolute Gasteiger partial charge is 0.123 e. The zero-order chi connectivity index (χ0) is 15.2. The molecule has 0 amide bonds. The maximum absolute atomic E-state index is 11.1. The number of benzene rings is 2. The van der Waals surface area contributed by atoms with Gasteiger partial charge in [0.2, 0.25) is 0 Å². The summed E-state index contributed by atoms with van der Waals surface area (Å²) in [5.74, 6) is 0.249. The fourth-order valence-electron chi connectivity index (χ4n) is 3.40. The quantitative estimate of drug-likeness (QED) is 0.749. The summed E-state index contributed by atoms with van der Waals surface area (Å²) >= 11 is 0. The van der Waals surface area contributed by atoms with Crippen molar-refractivity contribution < 1.29 is 4.79 Å². The van der Waals surface area contributed by atoms with Crippen LogP contribution in [0.2, 0.25) is 0 Å². The first kappa shape index (κ1) is 15.0. The SMILES string of the molecule is O=CC1CC[C@H](N(Cc2ccccc2)Cc2ccccc2)C1. The van der Waals surface area contributed by atoms with Gasteiger partial charge in [-0.1, -0.05) is 60.7 Å². The zero-order valence-electron chi connectivity index (χ0n) is 12.9. The van der Waals surface area contributed by atoms with Crippen molar-refractivity contribution in [1.82, 2.24) is 4.90 Å². The van der Waals surface area contributed by atoms with Crippen molar-refractivity contribution in [2.24, 2.45) is 5.92 Å². The fourth-order valence-corrected chi connectivity index (χ4v) is 3.40. The van der Waals surface area contributed by atoms with Gasteiger partial charge >= 0.3 is 0 Å². The molecular weight excluding hydrogens is 270 g/mol. The number of rotatable bonds is 6. The lowest BCUT2D eigenvalue weighted by molar-refractivity contribution is -0.111. The molecule has 3 rings (SSSR count). The van der Waals surface area contributed by atoms with Crippen molar-refractivity contribution in [1.29, 1.82) is 0 Å². The van der Waals surface area contributed by atoms with E-state index in [2.05, 4.69) is 65.6 Å². The summed E-state index contributed by atoms with van der Waals surface area (Å²) in [7, 11) is 0. The fraction of sp³-hybridized carbons (Fsp3) is 0.350. The Morgan fingerprint density at radius 2 is 1.41 bits per heavy atom. The van der Waals surface area contributed by atoms with Crippen LogP contribution in [0.3, 0.4) is 0 Å². The van der Waals surface area contributed by atoms with Gasteiger partial charge in [-0.15, -0.1) is 0 Å². The number of carbonyl (C=O) groups is 1. The summed E-state index contributed by atoms with van der Waals surface area (Å²) in [5, 5.41) is 0. The maximum atomic E-state index is 11.1. The van der Waals surface area contributed by atoms with Gasteiger partial charge in [0.15, 0.2) is 0 Å². The average molecular weight is 293 g/mol. The van der Waals surface area contributed by atoms with E-state index in [1.807, 2.05) is 0 Å². The Kier molecular flexibility index (Phi) is 5.02. The third kappa shape index (κ3) is 3.83. The van der Waals surface area contributed by atoms with E-state index in [9.17, 15) is 4.79 Å². The standard InChI is InChI=1S/C20H23NO/c22-16-19-11-12-20(13-19)21(14-17-7-3-1-4-8-17)15-18-9-5-2-6-10-18/h1-10,16,19-20H,11-15H2/t19?,20-/m0/s1. The zero-order valence-corrected chi connectivity index (χ0v) is 12.9. The van der Waals surface area contributed by atoms with E-state index in [0.717, 1.165) is 38.6 Å². The highest BCUT2D eigenvalue weighted by Crippen LogP contribution is 2.30. The summed E-state index contributed by atoms with van der Waals surface area (Å²) in [6, 6.07) is 21.8. The highest BCUT2D eigenvalue weighted by atomic mass is 16.1. The van der Waals surface area contributed by atoms with Crippen molar-refractivity contribution in [2.45, 2.75) is 38.4 Å². The lowest BCUT2D eigenvalue weighted by Gasteiger charge is -2.29. The number of aldehydes is 1. The van der Waals surface area contributed by atoms with Crippen LogP contribution in [0.15, 0.2) is 60.7 Å². The van der Waals surface area contributed by atoms with Crippen molar-refractivity contribution >= 4 is 6.29 Å². The minimum atomic E-state index is 0.249. The predicted octanol–water partition coefficient (Wildman–Crippen LogP) is 4.06. The summed E-state index contributed by atoms with van der Waals surface area (Å²) in [4.78, 5) is 13.6. The van der Waals surface area contributed by atoms with Crippen LogP contribution in [0.25, 0.3) is 0 Å². The minimum absolute atomic E-state index is 0.249. The highest BCUT2D eigenvalue weighted by molar-refractivity contribution is 5.54. The summed E-state index contributed by atoms with van der Waals surface area (Å²) in [5.41, 5.74) is 2.68. The van der Waals surface area contributed by atoms with E-state index < -0.39 is 0 Å².